The maximum Gasteiger partial charge on any atom is 0.412 e. The Hall–Kier alpha value is -2.08. The van der Waals surface area contributed by atoms with Gasteiger partial charge in [-0.2, -0.15) is 0 Å². The number of carbonyl (C=O) groups is 2. The summed E-state index contributed by atoms with van der Waals surface area (Å²) in [6.07, 6.45) is 0.110. The van der Waals surface area contributed by atoms with Crippen molar-refractivity contribution in [2.45, 2.75) is 58.2 Å². The van der Waals surface area contributed by atoms with E-state index in [1.807, 2.05) is 26.0 Å². The van der Waals surface area contributed by atoms with Gasteiger partial charge in [0.25, 0.3) is 0 Å². The molecule has 1 aromatic rings. The highest BCUT2D eigenvalue weighted by Crippen LogP contribution is 2.39. The number of hydrogen-bond acceptors (Lipinski definition) is 4. The Morgan fingerprint density at radius 2 is 1.84 bits per heavy atom. The summed E-state index contributed by atoms with van der Waals surface area (Å²) < 4.78 is 10.9. The van der Waals surface area contributed by atoms with Crippen LogP contribution >= 0.6 is 0 Å². The zero-order chi connectivity index (χ0) is 18.8. The van der Waals surface area contributed by atoms with Gasteiger partial charge in [0.15, 0.2) is 0 Å². The van der Waals surface area contributed by atoms with Crippen LogP contribution in [0.15, 0.2) is 24.3 Å². The van der Waals surface area contributed by atoms with E-state index >= 15 is 0 Å². The molecule has 6 heteroatoms. The number of carboxylic acids is 1. The molecule has 1 saturated heterocycles. The Morgan fingerprint density at radius 3 is 2.36 bits per heavy atom. The second-order valence-corrected chi connectivity index (χ2v) is 8.07. The lowest BCUT2D eigenvalue weighted by Gasteiger charge is -2.39. The molecule has 1 aromatic carbocycles. The van der Waals surface area contributed by atoms with E-state index in [0.29, 0.717) is 12.1 Å². The van der Waals surface area contributed by atoms with E-state index in [4.69, 9.17) is 9.47 Å². The number of anilines is 1. The average molecular weight is 349 g/mol. The van der Waals surface area contributed by atoms with Crippen molar-refractivity contribution in [1.29, 1.82) is 0 Å². The number of carbonyl (C=O) groups excluding carboxylic acids is 1. The van der Waals surface area contributed by atoms with Crippen LogP contribution in [0.4, 0.5) is 10.5 Å². The first kappa shape index (κ1) is 19.2. The van der Waals surface area contributed by atoms with E-state index in [1.54, 1.807) is 32.9 Å². The number of amides is 1. The average Bonchev–Trinajstić information content (AvgIpc) is 2.44. The van der Waals surface area contributed by atoms with E-state index in [9.17, 15) is 14.7 Å². The predicted octanol–water partition coefficient (Wildman–Crippen LogP) is 4.02. The summed E-state index contributed by atoms with van der Waals surface area (Å²) >= 11 is 0. The Balaban J connectivity index is 2.12. The number of aliphatic carboxylic acids is 1. The Bertz CT molecular complexity index is 630. The van der Waals surface area contributed by atoms with Crippen molar-refractivity contribution in [2.75, 3.05) is 11.9 Å². The molecular weight excluding hydrogens is 322 g/mol. The SMILES string of the molecule is CC(C)(C)OC(=O)Nc1ccc(C2CC(C)(C)OCC2C(=O)O)cc1. The molecule has 0 spiro atoms. The van der Waals surface area contributed by atoms with Crippen LogP contribution in [-0.4, -0.2) is 35.0 Å². The zero-order valence-corrected chi connectivity index (χ0v) is 15.5. The van der Waals surface area contributed by atoms with Crippen LogP contribution in [0.2, 0.25) is 0 Å². The predicted molar refractivity (Wildman–Crippen MR) is 94.8 cm³/mol. The normalized spacial score (nSPS) is 22.9. The third-order valence-corrected chi connectivity index (χ3v) is 4.15. The van der Waals surface area contributed by atoms with Gasteiger partial charge in [-0.1, -0.05) is 12.1 Å². The first-order valence-electron chi connectivity index (χ1n) is 8.44. The molecule has 2 atom stereocenters. The number of rotatable bonds is 3. The van der Waals surface area contributed by atoms with Crippen molar-refractivity contribution in [2.24, 2.45) is 5.92 Å². The van der Waals surface area contributed by atoms with Gasteiger partial charge in [0.1, 0.15) is 5.60 Å². The quantitative estimate of drug-likeness (QED) is 0.861. The molecule has 1 fully saturated rings. The summed E-state index contributed by atoms with van der Waals surface area (Å²) in [6.45, 7) is 9.54. The highest BCUT2D eigenvalue weighted by molar-refractivity contribution is 5.84. The molecule has 1 amide bonds. The highest BCUT2D eigenvalue weighted by atomic mass is 16.6. The second-order valence-electron chi connectivity index (χ2n) is 8.07. The minimum Gasteiger partial charge on any atom is -0.481 e. The summed E-state index contributed by atoms with van der Waals surface area (Å²) in [5, 5.41) is 12.1. The number of benzene rings is 1. The largest absolute Gasteiger partial charge is 0.481 e. The van der Waals surface area contributed by atoms with Crippen molar-refractivity contribution in [3.05, 3.63) is 29.8 Å². The van der Waals surface area contributed by atoms with Crippen molar-refractivity contribution >= 4 is 17.7 Å². The van der Waals surface area contributed by atoms with Gasteiger partial charge in [0, 0.05) is 11.6 Å². The minimum absolute atomic E-state index is 0.128. The fraction of sp³-hybridized carbons (Fsp3) is 0.579. The Labute approximate surface area is 148 Å². The number of carboxylic acid groups (broad SMARTS) is 1. The second kappa shape index (κ2) is 7.04. The van der Waals surface area contributed by atoms with Gasteiger partial charge < -0.3 is 14.6 Å². The summed E-state index contributed by atoms with van der Waals surface area (Å²) in [7, 11) is 0. The lowest BCUT2D eigenvalue weighted by atomic mass is 9.77. The smallest absolute Gasteiger partial charge is 0.412 e. The molecule has 0 radical (unpaired) electrons. The van der Waals surface area contributed by atoms with Crippen LogP contribution in [0.25, 0.3) is 0 Å². The van der Waals surface area contributed by atoms with E-state index in [-0.39, 0.29) is 18.1 Å². The third-order valence-electron chi connectivity index (χ3n) is 4.15. The maximum atomic E-state index is 11.8. The van der Waals surface area contributed by atoms with Crippen molar-refractivity contribution in [1.82, 2.24) is 0 Å². The number of ether oxygens (including phenoxy) is 2. The first-order valence-corrected chi connectivity index (χ1v) is 8.44. The molecular formula is C19H27NO5. The molecule has 138 valence electrons. The molecule has 0 aliphatic carbocycles. The molecule has 1 aliphatic rings. The number of nitrogens with one attached hydrogen (secondary N) is 1. The van der Waals surface area contributed by atoms with Gasteiger partial charge in [-0.25, -0.2) is 4.79 Å². The highest BCUT2D eigenvalue weighted by Gasteiger charge is 2.40. The molecule has 2 unspecified atom stereocenters. The molecule has 2 rings (SSSR count). The van der Waals surface area contributed by atoms with Gasteiger partial charge >= 0.3 is 12.1 Å². The van der Waals surface area contributed by atoms with Crippen LogP contribution in [0.1, 0.15) is 52.5 Å². The Kier molecular flexibility index (Phi) is 5.42. The van der Waals surface area contributed by atoms with Crippen LogP contribution in [0.5, 0.6) is 0 Å². The van der Waals surface area contributed by atoms with Crippen molar-refractivity contribution < 1.29 is 24.2 Å². The summed E-state index contributed by atoms with van der Waals surface area (Å²) in [5.74, 6) is -1.55. The lowest BCUT2D eigenvalue weighted by Crippen LogP contribution is -2.41. The third kappa shape index (κ3) is 5.46. The summed E-state index contributed by atoms with van der Waals surface area (Å²) in [5.41, 5.74) is 0.617. The van der Waals surface area contributed by atoms with Crippen LogP contribution in [-0.2, 0) is 14.3 Å². The van der Waals surface area contributed by atoms with Crippen LogP contribution in [0, 0.1) is 5.92 Å². The van der Waals surface area contributed by atoms with Gasteiger partial charge in [0.2, 0.25) is 0 Å². The standard InChI is InChI=1S/C19H27NO5/c1-18(2,3)25-17(23)20-13-8-6-12(7-9-13)14-10-19(4,5)24-11-15(14)16(21)22/h6-9,14-15H,10-11H2,1-5H3,(H,20,23)(H,21,22). The van der Waals surface area contributed by atoms with Crippen molar-refractivity contribution in [3.63, 3.8) is 0 Å². The zero-order valence-electron chi connectivity index (χ0n) is 15.5. The van der Waals surface area contributed by atoms with Gasteiger partial charge in [-0.05, 0) is 58.7 Å². The van der Waals surface area contributed by atoms with E-state index in [1.165, 1.54) is 0 Å². The maximum absolute atomic E-state index is 11.8. The summed E-state index contributed by atoms with van der Waals surface area (Å²) in [4.78, 5) is 23.4. The first-order chi connectivity index (χ1) is 11.5. The van der Waals surface area contributed by atoms with Crippen LogP contribution in [0.3, 0.4) is 0 Å². The molecule has 0 aromatic heterocycles. The molecule has 1 aliphatic heterocycles. The fourth-order valence-corrected chi connectivity index (χ4v) is 2.99. The monoisotopic (exact) mass is 349 g/mol. The molecule has 25 heavy (non-hydrogen) atoms. The molecule has 2 N–H and O–H groups in total. The van der Waals surface area contributed by atoms with E-state index in [0.717, 1.165) is 5.56 Å². The molecule has 0 bridgehead atoms. The van der Waals surface area contributed by atoms with Gasteiger partial charge in [-0.3, -0.25) is 10.1 Å². The topological polar surface area (TPSA) is 84.9 Å². The van der Waals surface area contributed by atoms with E-state index < -0.39 is 23.6 Å². The van der Waals surface area contributed by atoms with Gasteiger partial charge in [-0.15, -0.1) is 0 Å². The van der Waals surface area contributed by atoms with Crippen LogP contribution < -0.4 is 5.32 Å². The lowest BCUT2D eigenvalue weighted by molar-refractivity contribution is -0.155. The van der Waals surface area contributed by atoms with E-state index in [2.05, 4.69) is 5.32 Å². The van der Waals surface area contributed by atoms with Gasteiger partial charge in [0.05, 0.1) is 18.1 Å². The molecule has 6 nitrogen and oxygen atoms in total. The molecule has 0 saturated carbocycles. The minimum atomic E-state index is -0.851. The molecule has 1 heterocycles. The number of hydrogen-bond donors (Lipinski definition) is 2. The fourth-order valence-electron chi connectivity index (χ4n) is 2.99. The van der Waals surface area contributed by atoms with Crippen molar-refractivity contribution in [3.8, 4) is 0 Å². The Morgan fingerprint density at radius 1 is 1.24 bits per heavy atom. The summed E-state index contributed by atoms with van der Waals surface area (Å²) in [6, 6.07) is 7.24.